The summed E-state index contributed by atoms with van der Waals surface area (Å²) >= 11 is 0. The van der Waals surface area contributed by atoms with E-state index in [1.54, 1.807) is 0 Å². The third-order valence-corrected chi connectivity index (χ3v) is 3.22. The molecule has 0 atom stereocenters. The molecule has 96 valence electrons. The molecule has 0 radical (unpaired) electrons. The maximum absolute atomic E-state index is 5.93. The predicted octanol–water partition coefficient (Wildman–Crippen LogP) is 3.88. The third kappa shape index (κ3) is 2.40. The zero-order chi connectivity index (χ0) is 13.1. The van der Waals surface area contributed by atoms with Crippen LogP contribution in [-0.4, -0.2) is 5.16 Å². The summed E-state index contributed by atoms with van der Waals surface area (Å²) in [5.41, 5.74) is 11.4. The van der Waals surface area contributed by atoms with E-state index in [0.29, 0.717) is 5.88 Å². The lowest BCUT2D eigenvalue weighted by atomic mass is 9.96. The Morgan fingerprint density at radius 2 is 2.06 bits per heavy atom. The Bertz CT molecular complexity index is 543. The molecule has 0 saturated heterocycles. The number of rotatable bonds is 4. The Morgan fingerprint density at radius 1 is 1.28 bits per heavy atom. The quantitative estimate of drug-likeness (QED) is 0.887. The van der Waals surface area contributed by atoms with Gasteiger partial charge in [-0.3, -0.25) is 0 Å². The Hall–Kier alpha value is -1.77. The van der Waals surface area contributed by atoms with Gasteiger partial charge in [-0.2, -0.15) is 0 Å². The van der Waals surface area contributed by atoms with Gasteiger partial charge in [0, 0.05) is 0 Å². The molecular formula is C15H20N2O. The molecule has 0 spiro atoms. The van der Waals surface area contributed by atoms with Crippen molar-refractivity contribution in [1.29, 1.82) is 0 Å². The molecule has 3 nitrogen and oxygen atoms in total. The van der Waals surface area contributed by atoms with Gasteiger partial charge in [-0.05, 0) is 37.8 Å². The number of nitrogens with zero attached hydrogens (tertiary/aromatic N) is 1. The average molecular weight is 244 g/mol. The van der Waals surface area contributed by atoms with E-state index in [-0.39, 0.29) is 0 Å². The lowest BCUT2D eigenvalue weighted by molar-refractivity contribution is 0.426. The zero-order valence-electron chi connectivity index (χ0n) is 11.3. The Morgan fingerprint density at radius 3 is 2.78 bits per heavy atom. The first-order valence-corrected chi connectivity index (χ1v) is 6.45. The number of anilines is 1. The molecule has 2 rings (SSSR count). The van der Waals surface area contributed by atoms with Crippen LogP contribution >= 0.6 is 0 Å². The second-order valence-corrected chi connectivity index (χ2v) is 4.79. The van der Waals surface area contributed by atoms with Gasteiger partial charge in [0.1, 0.15) is 0 Å². The summed E-state index contributed by atoms with van der Waals surface area (Å²) in [6, 6.07) is 6.36. The molecule has 0 saturated carbocycles. The largest absolute Gasteiger partial charge is 0.367 e. The molecule has 2 N–H and O–H groups in total. The van der Waals surface area contributed by atoms with Crippen molar-refractivity contribution >= 4 is 5.88 Å². The normalized spacial score (nSPS) is 10.8. The molecule has 1 aromatic carbocycles. The van der Waals surface area contributed by atoms with Crippen molar-refractivity contribution in [2.24, 2.45) is 0 Å². The van der Waals surface area contributed by atoms with Gasteiger partial charge >= 0.3 is 0 Å². The highest BCUT2D eigenvalue weighted by molar-refractivity contribution is 5.77. The molecule has 0 aliphatic heterocycles. The van der Waals surface area contributed by atoms with Crippen LogP contribution in [0.3, 0.4) is 0 Å². The van der Waals surface area contributed by atoms with Crippen LogP contribution in [0.25, 0.3) is 11.1 Å². The molecule has 0 aliphatic rings. The Labute approximate surface area is 108 Å². The van der Waals surface area contributed by atoms with Gasteiger partial charge in [0.25, 0.3) is 0 Å². The summed E-state index contributed by atoms with van der Waals surface area (Å²) in [6.45, 7) is 6.34. The summed E-state index contributed by atoms with van der Waals surface area (Å²) in [4.78, 5) is 0. The molecule has 0 amide bonds. The number of aromatic nitrogens is 1. The van der Waals surface area contributed by atoms with Crippen LogP contribution in [0.4, 0.5) is 5.88 Å². The van der Waals surface area contributed by atoms with Gasteiger partial charge in [-0.1, -0.05) is 42.3 Å². The summed E-state index contributed by atoms with van der Waals surface area (Å²) < 4.78 is 5.17. The number of benzene rings is 1. The third-order valence-electron chi connectivity index (χ3n) is 3.22. The van der Waals surface area contributed by atoms with Crippen LogP contribution < -0.4 is 5.73 Å². The summed E-state index contributed by atoms with van der Waals surface area (Å²) in [7, 11) is 0. The molecule has 0 bridgehead atoms. The Kier molecular flexibility index (Phi) is 3.70. The first-order chi connectivity index (χ1) is 8.63. The van der Waals surface area contributed by atoms with E-state index in [1.165, 1.54) is 11.1 Å². The molecule has 1 heterocycles. The minimum Gasteiger partial charge on any atom is -0.367 e. The fourth-order valence-electron chi connectivity index (χ4n) is 2.15. The van der Waals surface area contributed by atoms with Gasteiger partial charge in [0.05, 0.1) is 11.3 Å². The van der Waals surface area contributed by atoms with E-state index in [0.717, 1.165) is 36.1 Å². The van der Waals surface area contributed by atoms with Crippen LogP contribution in [-0.2, 0) is 6.42 Å². The van der Waals surface area contributed by atoms with Crippen molar-refractivity contribution in [3.8, 4) is 11.1 Å². The molecule has 0 fully saturated rings. The van der Waals surface area contributed by atoms with Gasteiger partial charge in [0.15, 0.2) is 0 Å². The van der Waals surface area contributed by atoms with Gasteiger partial charge in [-0.15, -0.1) is 0 Å². The molecule has 3 heteroatoms. The van der Waals surface area contributed by atoms with Gasteiger partial charge in [0.2, 0.25) is 5.88 Å². The van der Waals surface area contributed by atoms with E-state index in [2.05, 4.69) is 44.1 Å². The summed E-state index contributed by atoms with van der Waals surface area (Å²) in [5, 5.41) is 4.10. The molecule has 0 aliphatic carbocycles. The minimum absolute atomic E-state index is 0.426. The van der Waals surface area contributed by atoms with Crippen molar-refractivity contribution in [3.05, 3.63) is 35.0 Å². The van der Waals surface area contributed by atoms with E-state index < -0.39 is 0 Å². The molecule has 2 aromatic rings. The molecular weight excluding hydrogens is 224 g/mol. The maximum atomic E-state index is 5.93. The molecule has 1 aromatic heterocycles. The topological polar surface area (TPSA) is 52.0 Å². The van der Waals surface area contributed by atoms with Crippen LogP contribution in [0.1, 0.15) is 36.6 Å². The first-order valence-electron chi connectivity index (χ1n) is 6.45. The van der Waals surface area contributed by atoms with Crippen LogP contribution in [0.2, 0.25) is 0 Å². The van der Waals surface area contributed by atoms with Crippen LogP contribution in [0, 0.1) is 13.8 Å². The van der Waals surface area contributed by atoms with Crippen molar-refractivity contribution in [1.82, 2.24) is 5.16 Å². The monoisotopic (exact) mass is 244 g/mol. The first kappa shape index (κ1) is 12.7. The maximum Gasteiger partial charge on any atom is 0.230 e. The standard InChI is InChI=1S/C15H20N2O/c1-4-5-6-13-14(15(16)18-17-13)12-9-10(2)7-8-11(12)3/h7-9H,4-6,16H2,1-3H3. The molecule has 0 unspecified atom stereocenters. The highest BCUT2D eigenvalue weighted by Gasteiger charge is 2.16. The van der Waals surface area contributed by atoms with Crippen LogP contribution in [0.15, 0.2) is 22.7 Å². The van der Waals surface area contributed by atoms with E-state index in [1.807, 2.05) is 0 Å². The smallest absolute Gasteiger partial charge is 0.230 e. The van der Waals surface area contributed by atoms with E-state index in [4.69, 9.17) is 10.3 Å². The number of hydrogen-bond acceptors (Lipinski definition) is 3. The number of nitrogen functional groups attached to an aromatic ring is 1. The van der Waals surface area contributed by atoms with Gasteiger partial charge < -0.3 is 10.3 Å². The SMILES string of the molecule is CCCCc1noc(N)c1-c1cc(C)ccc1C. The van der Waals surface area contributed by atoms with E-state index in [9.17, 15) is 0 Å². The van der Waals surface area contributed by atoms with Crippen molar-refractivity contribution in [3.63, 3.8) is 0 Å². The van der Waals surface area contributed by atoms with Crippen molar-refractivity contribution in [2.75, 3.05) is 5.73 Å². The van der Waals surface area contributed by atoms with E-state index >= 15 is 0 Å². The lowest BCUT2D eigenvalue weighted by Crippen LogP contribution is -1.94. The highest BCUT2D eigenvalue weighted by atomic mass is 16.5. The number of nitrogens with two attached hydrogens (primary N) is 1. The lowest BCUT2D eigenvalue weighted by Gasteiger charge is -2.07. The van der Waals surface area contributed by atoms with Gasteiger partial charge in [-0.25, -0.2) is 0 Å². The highest BCUT2D eigenvalue weighted by Crippen LogP contribution is 2.33. The number of hydrogen-bond donors (Lipinski definition) is 1. The number of unbranched alkanes of at least 4 members (excludes halogenated alkanes) is 1. The fraction of sp³-hybridized carbons (Fsp3) is 0.400. The zero-order valence-corrected chi connectivity index (χ0v) is 11.3. The average Bonchev–Trinajstić information content (AvgIpc) is 2.71. The van der Waals surface area contributed by atoms with Crippen molar-refractivity contribution in [2.45, 2.75) is 40.0 Å². The number of aryl methyl sites for hydroxylation is 3. The predicted molar refractivity (Wildman–Crippen MR) is 74.4 cm³/mol. The summed E-state index contributed by atoms with van der Waals surface area (Å²) in [6.07, 6.45) is 3.16. The second-order valence-electron chi connectivity index (χ2n) is 4.79. The molecule has 18 heavy (non-hydrogen) atoms. The second kappa shape index (κ2) is 5.25. The minimum atomic E-state index is 0.426. The summed E-state index contributed by atoms with van der Waals surface area (Å²) in [5.74, 6) is 0.426. The van der Waals surface area contributed by atoms with Crippen molar-refractivity contribution < 1.29 is 4.52 Å². The fourth-order valence-corrected chi connectivity index (χ4v) is 2.15. The van der Waals surface area contributed by atoms with Crippen LogP contribution in [0.5, 0.6) is 0 Å². The Balaban J connectivity index is 2.48.